The fourth-order valence-corrected chi connectivity index (χ4v) is 2.07. The van der Waals surface area contributed by atoms with Crippen LogP contribution in [0, 0.1) is 0 Å². The quantitative estimate of drug-likeness (QED) is 0.840. The van der Waals surface area contributed by atoms with Gasteiger partial charge in [0.25, 0.3) is 5.91 Å². The van der Waals surface area contributed by atoms with E-state index in [1.807, 2.05) is 0 Å². The Balaban J connectivity index is 1.94. The first-order chi connectivity index (χ1) is 9.08. The first kappa shape index (κ1) is 13.4. The molecule has 102 valence electrons. The Morgan fingerprint density at radius 3 is 2.37 bits per heavy atom. The van der Waals surface area contributed by atoms with Gasteiger partial charge in [-0.3, -0.25) is 4.79 Å². The number of hydrogen-bond donors (Lipinski definition) is 1. The molecule has 1 atom stereocenters. The lowest BCUT2D eigenvalue weighted by molar-refractivity contribution is -0.138. The third-order valence-electron chi connectivity index (χ3n) is 3.15. The van der Waals surface area contributed by atoms with Gasteiger partial charge in [-0.2, -0.15) is 0 Å². The summed E-state index contributed by atoms with van der Waals surface area (Å²) >= 11 is 0. The number of amides is 1. The lowest BCUT2D eigenvalue weighted by Crippen LogP contribution is -2.38. The molecule has 1 aliphatic heterocycles. The molecule has 19 heavy (non-hydrogen) atoms. The van der Waals surface area contributed by atoms with Gasteiger partial charge in [0.15, 0.2) is 6.10 Å². The smallest absolute Gasteiger partial charge is 0.338 e. The fourth-order valence-electron chi connectivity index (χ4n) is 2.07. The molecule has 0 aliphatic carbocycles. The van der Waals surface area contributed by atoms with Crippen molar-refractivity contribution in [1.82, 2.24) is 4.90 Å². The zero-order chi connectivity index (χ0) is 13.8. The molecule has 0 radical (unpaired) electrons. The Morgan fingerprint density at radius 2 is 1.79 bits per heavy atom. The maximum absolute atomic E-state index is 12.0. The molecule has 5 nitrogen and oxygen atoms in total. The van der Waals surface area contributed by atoms with Crippen LogP contribution in [0.3, 0.4) is 0 Å². The summed E-state index contributed by atoms with van der Waals surface area (Å²) in [6, 6.07) is 5.74. The molecule has 5 heteroatoms. The monoisotopic (exact) mass is 263 g/mol. The van der Waals surface area contributed by atoms with Gasteiger partial charge in [-0.25, -0.2) is 4.79 Å². The largest absolute Gasteiger partial charge is 0.508 e. The van der Waals surface area contributed by atoms with Crippen LogP contribution in [0.25, 0.3) is 0 Å². The van der Waals surface area contributed by atoms with Crippen LogP contribution in [-0.2, 0) is 9.53 Å². The third kappa shape index (κ3) is 3.24. The van der Waals surface area contributed by atoms with Crippen LogP contribution in [0.5, 0.6) is 5.75 Å². The van der Waals surface area contributed by atoms with Crippen LogP contribution in [0.2, 0.25) is 0 Å². The molecule has 1 heterocycles. The van der Waals surface area contributed by atoms with Crippen LogP contribution < -0.4 is 0 Å². The Bertz CT molecular complexity index is 463. The fraction of sp³-hybridized carbons (Fsp3) is 0.429. The summed E-state index contributed by atoms with van der Waals surface area (Å²) in [6.45, 7) is 3.05. The highest BCUT2D eigenvalue weighted by atomic mass is 16.5. The third-order valence-corrected chi connectivity index (χ3v) is 3.15. The van der Waals surface area contributed by atoms with Crippen LogP contribution in [0.15, 0.2) is 24.3 Å². The maximum Gasteiger partial charge on any atom is 0.338 e. The van der Waals surface area contributed by atoms with Gasteiger partial charge in [0.1, 0.15) is 5.75 Å². The number of aromatic hydroxyl groups is 1. The number of carbonyl (C=O) groups is 2. The molecule has 1 saturated heterocycles. The van der Waals surface area contributed by atoms with Crippen LogP contribution >= 0.6 is 0 Å². The first-order valence-electron chi connectivity index (χ1n) is 6.37. The summed E-state index contributed by atoms with van der Waals surface area (Å²) in [5.74, 6) is -0.623. The van der Waals surface area contributed by atoms with Gasteiger partial charge in [-0.05, 0) is 44.0 Å². The van der Waals surface area contributed by atoms with Crippen LogP contribution in [0.1, 0.15) is 30.1 Å². The molecule has 1 amide bonds. The number of phenolic OH excluding ortho intramolecular Hbond substituents is 1. The summed E-state index contributed by atoms with van der Waals surface area (Å²) in [5, 5.41) is 9.14. The molecule has 0 bridgehead atoms. The Labute approximate surface area is 111 Å². The molecular weight excluding hydrogens is 246 g/mol. The Kier molecular flexibility index (Phi) is 4.04. The molecular formula is C14H17NO4. The number of likely N-dealkylation sites (tertiary alicyclic amines) is 1. The minimum absolute atomic E-state index is 0.0812. The molecule has 1 aromatic rings. The molecule has 1 aromatic carbocycles. The zero-order valence-corrected chi connectivity index (χ0v) is 10.8. The van der Waals surface area contributed by atoms with Crippen molar-refractivity contribution in [3.63, 3.8) is 0 Å². The number of benzene rings is 1. The van der Waals surface area contributed by atoms with E-state index >= 15 is 0 Å². The first-order valence-corrected chi connectivity index (χ1v) is 6.37. The predicted molar refractivity (Wildman–Crippen MR) is 68.8 cm³/mol. The summed E-state index contributed by atoms with van der Waals surface area (Å²) in [4.78, 5) is 25.5. The highest BCUT2D eigenvalue weighted by molar-refractivity contribution is 5.92. The van der Waals surface area contributed by atoms with Crippen LogP contribution in [-0.4, -0.2) is 41.1 Å². The predicted octanol–water partition coefficient (Wildman–Crippen LogP) is 1.56. The number of rotatable bonds is 3. The van der Waals surface area contributed by atoms with Gasteiger partial charge < -0.3 is 14.7 Å². The van der Waals surface area contributed by atoms with Gasteiger partial charge in [-0.15, -0.1) is 0 Å². The normalized spacial score (nSPS) is 16.2. The maximum atomic E-state index is 12.0. The van der Waals surface area contributed by atoms with Crippen molar-refractivity contribution in [2.24, 2.45) is 0 Å². The summed E-state index contributed by atoms with van der Waals surface area (Å²) in [5.41, 5.74) is 0.318. The number of esters is 1. The van der Waals surface area contributed by atoms with Crippen molar-refractivity contribution in [2.45, 2.75) is 25.9 Å². The van der Waals surface area contributed by atoms with Crippen LogP contribution in [0.4, 0.5) is 0 Å². The van der Waals surface area contributed by atoms with E-state index in [9.17, 15) is 9.59 Å². The molecule has 2 rings (SSSR count). The van der Waals surface area contributed by atoms with Crippen molar-refractivity contribution in [1.29, 1.82) is 0 Å². The van der Waals surface area contributed by atoms with E-state index < -0.39 is 12.1 Å². The molecule has 0 aromatic heterocycles. The van der Waals surface area contributed by atoms with Gasteiger partial charge in [-0.1, -0.05) is 0 Å². The van der Waals surface area contributed by atoms with E-state index in [2.05, 4.69) is 0 Å². The average Bonchev–Trinajstić information content (AvgIpc) is 2.92. The summed E-state index contributed by atoms with van der Waals surface area (Å²) < 4.78 is 5.14. The zero-order valence-electron chi connectivity index (χ0n) is 10.8. The average molecular weight is 263 g/mol. The number of phenols is 1. The van der Waals surface area contributed by atoms with Gasteiger partial charge in [0.05, 0.1) is 5.56 Å². The van der Waals surface area contributed by atoms with E-state index in [-0.39, 0.29) is 11.7 Å². The van der Waals surface area contributed by atoms with Crippen molar-refractivity contribution in [3.8, 4) is 5.75 Å². The Morgan fingerprint density at radius 1 is 1.21 bits per heavy atom. The molecule has 1 fully saturated rings. The highest BCUT2D eigenvalue weighted by Gasteiger charge is 2.26. The van der Waals surface area contributed by atoms with Gasteiger partial charge in [0, 0.05) is 13.1 Å². The van der Waals surface area contributed by atoms with Gasteiger partial charge >= 0.3 is 5.97 Å². The second-order valence-corrected chi connectivity index (χ2v) is 4.63. The van der Waals surface area contributed by atoms with E-state index in [1.165, 1.54) is 24.3 Å². The molecule has 1 N–H and O–H groups in total. The lowest BCUT2D eigenvalue weighted by Gasteiger charge is -2.20. The standard InChI is InChI=1S/C14H17NO4/c1-10(13(17)15-8-2-3-9-15)19-14(18)11-4-6-12(16)7-5-11/h4-7,10,16H,2-3,8-9H2,1H3/t10-/m1/s1. The number of ether oxygens (including phenoxy) is 1. The lowest BCUT2D eigenvalue weighted by atomic mass is 10.2. The summed E-state index contributed by atoms with van der Waals surface area (Å²) in [6.07, 6.45) is 1.23. The second-order valence-electron chi connectivity index (χ2n) is 4.63. The van der Waals surface area contributed by atoms with E-state index in [1.54, 1.807) is 11.8 Å². The van der Waals surface area contributed by atoms with E-state index in [4.69, 9.17) is 9.84 Å². The topological polar surface area (TPSA) is 66.8 Å². The van der Waals surface area contributed by atoms with Crippen molar-refractivity contribution in [2.75, 3.05) is 13.1 Å². The van der Waals surface area contributed by atoms with Crippen molar-refractivity contribution in [3.05, 3.63) is 29.8 Å². The van der Waals surface area contributed by atoms with Crippen molar-refractivity contribution < 1.29 is 19.4 Å². The minimum atomic E-state index is -0.778. The van der Waals surface area contributed by atoms with E-state index in [0.717, 1.165) is 25.9 Å². The number of nitrogens with zero attached hydrogens (tertiary/aromatic N) is 1. The Hall–Kier alpha value is -2.04. The van der Waals surface area contributed by atoms with E-state index in [0.29, 0.717) is 5.56 Å². The molecule has 0 saturated carbocycles. The number of carbonyl (C=O) groups excluding carboxylic acids is 2. The summed E-state index contributed by atoms with van der Waals surface area (Å²) in [7, 11) is 0. The highest BCUT2D eigenvalue weighted by Crippen LogP contribution is 2.14. The van der Waals surface area contributed by atoms with Crippen molar-refractivity contribution >= 4 is 11.9 Å². The minimum Gasteiger partial charge on any atom is -0.508 e. The molecule has 0 spiro atoms. The molecule has 1 aliphatic rings. The molecule has 0 unspecified atom stereocenters. The number of hydrogen-bond acceptors (Lipinski definition) is 4. The second kappa shape index (κ2) is 5.73. The van der Waals surface area contributed by atoms with Gasteiger partial charge in [0.2, 0.25) is 0 Å². The SMILES string of the molecule is C[C@@H](OC(=O)c1ccc(O)cc1)C(=O)N1CCCC1.